The second-order valence-corrected chi connectivity index (χ2v) is 5.78. The molecule has 0 fully saturated rings. The molecule has 0 spiro atoms. The van der Waals surface area contributed by atoms with Gasteiger partial charge in [0.05, 0.1) is 0 Å². The molecule has 0 aliphatic carbocycles. The Morgan fingerprint density at radius 1 is 1.19 bits per heavy atom. The predicted molar refractivity (Wildman–Crippen MR) is 66.0 cm³/mol. The van der Waals surface area contributed by atoms with Crippen LogP contribution in [0.4, 0.5) is 0 Å². The van der Waals surface area contributed by atoms with Crippen molar-refractivity contribution >= 4 is 40.8 Å². The van der Waals surface area contributed by atoms with Crippen LogP contribution in [-0.4, -0.2) is 16.4 Å². The average Bonchev–Trinajstić information content (AvgIpc) is 2.24. The highest BCUT2D eigenvalue weighted by Gasteiger charge is 2.21. The molecule has 0 saturated heterocycles. The Bertz CT molecular complexity index is 333. The third-order valence-corrected chi connectivity index (χ3v) is 2.18. The molecule has 0 aliphatic rings. The van der Waals surface area contributed by atoms with Gasteiger partial charge in [0, 0.05) is 6.42 Å². The van der Waals surface area contributed by atoms with E-state index in [4.69, 9.17) is 39.5 Å². The summed E-state index contributed by atoms with van der Waals surface area (Å²) in [6.45, 7) is -0.217. The van der Waals surface area contributed by atoms with Gasteiger partial charge in [0.1, 0.15) is 6.61 Å². The molecule has 88 valence electrons. The minimum absolute atomic E-state index is 0.217. The lowest BCUT2D eigenvalue weighted by Gasteiger charge is -2.11. The van der Waals surface area contributed by atoms with Gasteiger partial charge >= 0.3 is 5.97 Å². The molecule has 0 amide bonds. The lowest BCUT2D eigenvalue weighted by molar-refractivity contribution is -0.143. The number of carbonyl (C=O) groups excluding carboxylic acids is 1. The maximum Gasteiger partial charge on any atom is 0.306 e. The van der Waals surface area contributed by atoms with Crippen LogP contribution in [0.3, 0.4) is 0 Å². The van der Waals surface area contributed by atoms with Crippen LogP contribution in [0.2, 0.25) is 0 Å². The van der Waals surface area contributed by atoms with Crippen molar-refractivity contribution in [2.24, 2.45) is 0 Å². The molecule has 2 nitrogen and oxygen atoms in total. The molecule has 5 heteroatoms. The molecule has 1 rings (SSSR count). The molecule has 0 radical (unpaired) electrons. The zero-order valence-corrected chi connectivity index (χ0v) is 10.7. The van der Waals surface area contributed by atoms with E-state index < -0.39 is 3.79 Å². The zero-order valence-electron chi connectivity index (χ0n) is 8.46. The van der Waals surface area contributed by atoms with Gasteiger partial charge in [0.25, 0.3) is 0 Å². The van der Waals surface area contributed by atoms with E-state index in [2.05, 4.69) is 0 Å². The fourth-order valence-corrected chi connectivity index (χ4v) is 1.29. The second-order valence-electron chi connectivity index (χ2n) is 3.26. The third-order valence-electron chi connectivity index (χ3n) is 1.86. The Balaban J connectivity index is 2.26. The summed E-state index contributed by atoms with van der Waals surface area (Å²) in [5.41, 5.74) is 1.08. The van der Waals surface area contributed by atoms with E-state index in [9.17, 15) is 4.79 Å². The fraction of sp³-hybridized carbons (Fsp3) is 0.364. The van der Waals surface area contributed by atoms with Gasteiger partial charge in [-0.3, -0.25) is 4.79 Å². The molecule has 0 atom stereocenters. The number of carbonyl (C=O) groups is 1. The van der Waals surface area contributed by atoms with Gasteiger partial charge in [-0.05, 0) is 12.0 Å². The number of halogens is 3. The summed E-state index contributed by atoms with van der Waals surface area (Å²) in [5, 5.41) is 0. The summed E-state index contributed by atoms with van der Waals surface area (Å²) in [4.78, 5) is 11.3. The van der Waals surface area contributed by atoms with E-state index in [1.807, 2.05) is 30.3 Å². The van der Waals surface area contributed by atoms with Crippen molar-refractivity contribution in [2.75, 3.05) is 6.61 Å². The highest BCUT2D eigenvalue weighted by atomic mass is 35.6. The summed E-state index contributed by atoms with van der Waals surface area (Å²) in [5.74, 6) is -0.366. The number of rotatable bonds is 4. The Kier molecular flexibility index (Phi) is 5.39. The van der Waals surface area contributed by atoms with Crippen LogP contribution in [0, 0.1) is 0 Å². The van der Waals surface area contributed by atoms with E-state index in [0.717, 1.165) is 5.56 Å². The molecule has 0 bridgehead atoms. The van der Waals surface area contributed by atoms with Gasteiger partial charge in [0.15, 0.2) is 0 Å². The normalized spacial score (nSPS) is 11.2. The van der Waals surface area contributed by atoms with Crippen LogP contribution in [-0.2, 0) is 16.0 Å². The zero-order chi connectivity index (χ0) is 12.0. The molecule has 0 aromatic heterocycles. The van der Waals surface area contributed by atoms with Gasteiger partial charge in [0.2, 0.25) is 3.79 Å². The minimum Gasteiger partial charge on any atom is -0.461 e. The molecule has 1 aromatic carbocycles. The summed E-state index contributed by atoms with van der Waals surface area (Å²) < 4.78 is 3.25. The molecule has 0 heterocycles. The summed E-state index contributed by atoms with van der Waals surface area (Å²) in [6.07, 6.45) is 0.907. The van der Waals surface area contributed by atoms with E-state index in [1.54, 1.807) is 0 Å². The first-order valence-electron chi connectivity index (χ1n) is 4.74. The van der Waals surface area contributed by atoms with Crippen LogP contribution in [0.5, 0.6) is 0 Å². The Morgan fingerprint density at radius 3 is 2.38 bits per heavy atom. The standard InChI is InChI=1S/C11H11Cl3O2/c12-11(13,14)8-16-10(15)7-6-9-4-2-1-3-5-9/h1-5H,6-8H2. The van der Waals surface area contributed by atoms with E-state index >= 15 is 0 Å². The summed E-state index contributed by atoms with van der Waals surface area (Å²) >= 11 is 16.3. The first-order valence-corrected chi connectivity index (χ1v) is 5.87. The van der Waals surface area contributed by atoms with Gasteiger partial charge in [-0.2, -0.15) is 0 Å². The third kappa shape index (κ3) is 6.21. The first-order chi connectivity index (χ1) is 7.47. The van der Waals surface area contributed by atoms with Crippen molar-refractivity contribution < 1.29 is 9.53 Å². The van der Waals surface area contributed by atoms with E-state index in [0.29, 0.717) is 6.42 Å². The summed E-state index contributed by atoms with van der Waals surface area (Å²) in [7, 11) is 0. The lowest BCUT2D eigenvalue weighted by atomic mass is 10.1. The summed E-state index contributed by atoms with van der Waals surface area (Å²) in [6, 6.07) is 9.65. The van der Waals surface area contributed by atoms with E-state index in [1.165, 1.54) is 0 Å². The molecule has 1 aromatic rings. The van der Waals surface area contributed by atoms with Crippen molar-refractivity contribution in [1.29, 1.82) is 0 Å². The quantitative estimate of drug-likeness (QED) is 0.623. The SMILES string of the molecule is O=C(CCc1ccccc1)OCC(Cl)(Cl)Cl. The van der Waals surface area contributed by atoms with Gasteiger partial charge < -0.3 is 4.74 Å². The number of hydrogen-bond donors (Lipinski definition) is 0. The van der Waals surface area contributed by atoms with Crippen LogP contribution in [0.25, 0.3) is 0 Å². The van der Waals surface area contributed by atoms with Crippen LogP contribution >= 0.6 is 34.8 Å². The average molecular weight is 282 g/mol. The molecule has 0 N–H and O–H groups in total. The Hall–Kier alpha value is -0.440. The molecule has 0 saturated carbocycles. The van der Waals surface area contributed by atoms with Crippen molar-refractivity contribution in [3.63, 3.8) is 0 Å². The minimum atomic E-state index is -1.54. The molecule has 16 heavy (non-hydrogen) atoms. The largest absolute Gasteiger partial charge is 0.461 e. The van der Waals surface area contributed by atoms with E-state index in [-0.39, 0.29) is 19.0 Å². The second kappa shape index (κ2) is 6.33. The topological polar surface area (TPSA) is 26.3 Å². The number of alkyl halides is 3. The number of benzene rings is 1. The Morgan fingerprint density at radius 2 is 1.81 bits per heavy atom. The monoisotopic (exact) mass is 280 g/mol. The van der Waals surface area contributed by atoms with Crippen LogP contribution in [0.1, 0.15) is 12.0 Å². The van der Waals surface area contributed by atoms with Crippen LogP contribution in [0.15, 0.2) is 30.3 Å². The first kappa shape index (κ1) is 13.6. The number of aryl methyl sites for hydroxylation is 1. The van der Waals surface area contributed by atoms with Crippen molar-refractivity contribution in [2.45, 2.75) is 16.6 Å². The molecular weight excluding hydrogens is 270 g/mol. The smallest absolute Gasteiger partial charge is 0.306 e. The van der Waals surface area contributed by atoms with Crippen molar-refractivity contribution in [3.8, 4) is 0 Å². The van der Waals surface area contributed by atoms with Gasteiger partial charge in [-0.25, -0.2) is 0 Å². The number of ether oxygens (including phenoxy) is 1. The highest BCUT2D eigenvalue weighted by Crippen LogP contribution is 2.26. The molecular formula is C11H11Cl3O2. The maximum atomic E-state index is 11.3. The Labute approximate surface area is 109 Å². The maximum absolute atomic E-state index is 11.3. The van der Waals surface area contributed by atoms with Gasteiger partial charge in [-0.15, -0.1) is 0 Å². The van der Waals surface area contributed by atoms with Crippen LogP contribution < -0.4 is 0 Å². The number of hydrogen-bond acceptors (Lipinski definition) is 2. The van der Waals surface area contributed by atoms with Crippen molar-refractivity contribution in [3.05, 3.63) is 35.9 Å². The number of esters is 1. The lowest BCUT2D eigenvalue weighted by Crippen LogP contribution is -2.17. The predicted octanol–water partition coefficient (Wildman–Crippen LogP) is 3.53. The fourth-order valence-electron chi connectivity index (χ4n) is 1.13. The highest BCUT2D eigenvalue weighted by molar-refractivity contribution is 6.67. The molecule has 0 aliphatic heterocycles. The van der Waals surface area contributed by atoms with Crippen molar-refractivity contribution in [1.82, 2.24) is 0 Å². The molecule has 0 unspecified atom stereocenters. The van der Waals surface area contributed by atoms with Gasteiger partial charge in [-0.1, -0.05) is 65.1 Å².